The van der Waals surface area contributed by atoms with Crippen LogP contribution in [0.5, 0.6) is 0 Å². The summed E-state index contributed by atoms with van der Waals surface area (Å²) < 4.78 is 0. The van der Waals surface area contributed by atoms with Gasteiger partial charge in [-0.1, -0.05) is 73.9 Å². The first-order valence-corrected chi connectivity index (χ1v) is 13.9. The molecule has 0 saturated heterocycles. The van der Waals surface area contributed by atoms with E-state index in [0.29, 0.717) is 25.9 Å². The summed E-state index contributed by atoms with van der Waals surface area (Å²) in [7, 11) is 0. The zero-order valence-electron chi connectivity index (χ0n) is 22.4. The zero-order valence-corrected chi connectivity index (χ0v) is 22.4. The Morgan fingerprint density at radius 2 is 1.79 bits per heavy atom. The predicted octanol–water partition coefficient (Wildman–Crippen LogP) is 5.75. The highest BCUT2D eigenvalue weighted by Gasteiger charge is 2.32. The minimum Gasteiger partial charge on any atom is -0.352 e. The van der Waals surface area contributed by atoms with Crippen molar-refractivity contribution in [2.24, 2.45) is 0 Å². The molecule has 5 rings (SSSR count). The molecule has 1 heterocycles. The Morgan fingerprint density at radius 1 is 1.05 bits per heavy atom. The van der Waals surface area contributed by atoms with E-state index in [4.69, 9.17) is 0 Å². The molecule has 1 N–H and O–H groups in total. The van der Waals surface area contributed by atoms with Gasteiger partial charge in [0.15, 0.2) is 0 Å². The maximum Gasteiger partial charge on any atom is 0.258 e. The number of rotatable bonds is 10. The first-order chi connectivity index (χ1) is 18.5. The molecule has 0 bridgehead atoms. The summed E-state index contributed by atoms with van der Waals surface area (Å²) in [5.74, 6) is -0.122. The highest BCUT2D eigenvalue weighted by atomic mass is 16.2. The van der Waals surface area contributed by atoms with Gasteiger partial charge in [-0.25, -0.2) is 0 Å². The van der Waals surface area contributed by atoms with Crippen molar-refractivity contribution < 1.29 is 14.4 Å². The van der Waals surface area contributed by atoms with Crippen molar-refractivity contribution in [3.05, 3.63) is 77.4 Å². The quantitative estimate of drug-likeness (QED) is 0.377. The second kappa shape index (κ2) is 11.4. The Kier molecular flexibility index (Phi) is 7.77. The van der Waals surface area contributed by atoms with Gasteiger partial charge < -0.3 is 15.1 Å². The SMILES string of the molecule is CCC(C(=O)NC1CCCC1)N(Cc1cccc(C)c1)C(=O)CCCN1C(=O)c2cccc3cccc1c23. The topological polar surface area (TPSA) is 69.7 Å². The summed E-state index contributed by atoms with van der Waals surface area (Å²) in [6, 6.07) is 19.6. The molecule has 0 aromatic heterocycles. The second-order valence-electron chi connectivity index (χ2n) is 10.7. The molecular formula is C32H37N3O3. The second-order valence-corrected chi connectivity index (χ2v) is 10.7. The maximum absolute atomic E-state index is 13.7. The molecule has 0 radical (unpaired) electrons. The number of benzene rings is 3. The Bertz CT molecular complexity index is 1340. The van der Waals surface area contributed by atoms with Crippen molar-refractivity contribution in [2.45, 2.75) is 77.4 Å². The number of aryl methyl sites for hydroxylation is 1. The van der Waals surface area contributed by atoms with E-state index in [1.807, 2.05) is 68.4 Å². The first kappa shape index (κ1) is 26.0. The van der Waals surface area contributed by atoms with Crippen LogP contribution in [0.4, 0.5) is 5.69 Å². The van der Waals surface area contributed by atoms with Crippen molar-refractivity contribution in [1.82, 2.24) is 10.2 Å². The largest absolute Gasteiger partial charge is 0.352 e. The van der Waals surface area contributed by atoms with Crippen LogP contribution >= 0.6 is 0 Å². The van der Waals surface area contributed by atoms with Gasteiger partial charge >= 0.3 is 0 Å². The van der Waals surface area contributed by atoms with E-state index in [0.717, 1.165) is 58.8 Å². The van der Waals surface area contributed by atoms with Gasteiger partial charge in [0.1, 0.15) is 6.04 Å². The third kappa shape index (κ3) is 5.31. The first-order valence-electron chi connectivity index (χ1n) is 13.9. The van der Waals surface area contributed by atoms with E-state index in [2.05, 4.69) is 11.4 Å². The summed E-state index contributed by atoms with van der Waals surface area (Å²) in [6.45, 7) is 4.85. The van der Waals surface area contributed by atoms with E-state index < -0.39 is 6.04 Å². The summed E-state index contributed by atoms with van der Waals surface area (Å²) in [6.07, 6.45) is 5.65. The highest BCUT2D eigenvalue weighted by Crippen LogP contribution is 2.37. The standard InChI is InChI=1S/C32H37N3O3/c1-3-27(31(37)33-25-14-4-5-15-25)35(21-23-11-6-10-22(2)20-23)29(36)18-9-19-34-28-17-8-13-24-12-7-16-26(30(24)28)32(34)38/h6-8,10-13,16-17,20,25,27H,3-5,9,14-15,18-19,21H2,1-2H3,(H,33,37). The van der Waals surface area contributed by atoms with E-state index in [-0.39, 0.29) is 30.2 Å². The van der Waals surface area contributed by atoms with E-state index >= 15 is 0 Å². The third-order valence-corrected chi connectivity index (χ3v) is 7.94. The van der Waals surface area contributed by atoms with Crippen molar-refractivity contribution >= 4 is 34.2 Å². The van der Waals surface area contributed by atoms with Gasteiger partial charge in [0.25, 0.3) is 5.91 Å². The fraction of sp³-hybridized carbons (Fsp3) is 0.406. The molecule has 1 saturated carbocycles. The number of carbonyl (C=O) groups is 3. The Balaban J connectivity index is 1.30. The van der Waals surface area contributed by atoms with Gasteiger partial charge in [0.05, 0.1) is 5.69 Å². The van der Waals surface area contributed by atoms with E-state index in [1.54, 1.807) is 9.80 Å². The van der Waals surface area contributed by atoms with E-state index in [1.165, 1.54) is 0 Å². The van der Waals surface area contributed by atoms with Gasteiger partial charge in [-0.05, 0) is 55.7 Å². The molecule has 6 nitrogen and oxygen atoms in total. The van der Waals surface area contributed by atoms with Crippen LogP contribution in [0.2, 0.25) is 0 Å². The van der Waals surface area contributed by atoms with Crippen LogP contribution in [-0.2, 0) is 16.1 Å². The summed E-state index contributed by atoms with van der Waals surface area (Å²) in [5.41, 5.74) is 3.77. The van der Waals surface area contributed by atoms with E-state index in [9.17, 15) is 14.4 Å². The molecule has 1 fully saturated rings. The van der Waals surface area contributed by atoms with Crippen molar-refractivity contribution in [3.8, 4) is 0 Å². The van der Waals surface area contributed by atoms with Crippen LogP contribution in [0, 0.1) is 6.92 Å². The average molecular weight is 512 g/mol. The molecule has 6 heteroatoms. The monoisotopic (exact) mass is 511 g/mol. The Hall–Kier alpha value is -3.67. The van der Waals surface area contributed by atoms with Gasteiger partial charge in [-0.15, -0.1) is 0 Å². The molecule has 1 unspecified atom stereocenters. The van der Waals surface area contributed by atoms with Crippen LogP contribution in [0.3, 0.4) is 0 Å². The number of carbonyl (C=O) groups excluding carboxylic acids is 3. The number of anilines is 1. The molecule has 0 spiro atoms. The lowest BCUT2D eigenvalue weighted by molar-refractivity contribution is -0.141. The zero-order chi connectivity index (χ0) is 26.6. The number of amides is 3. The predicted molar refractivity (Wildman–Crippen MR) is 151 cm³/mol. The summed E-state index contributed by atoms with van der Waals surface area (Å²) >= 11 is 0. The van der Waals surface area contributed by atoms with Gasteiger partial charge in [-0.3, -0.25) is 14.4 Å². The molecule has 3 amide bonds. The lowest BCUT2D eigenvalue weighted by atomic mass is 10.1. The Labute approximate surface area is 225 Å². The normalized spacial score (nSPS) is 15.7. The fourth-order valence-corrected chi connectivity index (χ4v) is 6.03. The van der Waals surface area contributed by atoms with Crippen LogP contribution in [0.15, 0.2) is 60.7 Å². The smallest absolute Gasteiger partial charge is 0.258 e. The number of hydrogen-bond acceptors (Lipinski definition) is 3. The maximum atomic E-state index is 13.7. The molecule has 1 aliphatic heterocycles. The van der Waals surface area contributed by atoms with Gasteiger partial charge in [0, 0.05) is 36.5 Å². The van der Waals surface area contributed by atoms with Crippen LogP contribution in [0.1, 0.15) is 73.4 Å². The van der Waals surface area contributed by atoms with Crippen LogP contribution in [0.25, 0.3) is 10.8 Å². The van der Waals surface area contributed by atoms with Crippen LogP contribution < -0.4 is 10.2 Å². The summed E-state index contributed by atoms with van der Waals surface area (Å²) in [4.78, 5) is 43.7. The number of nitrogens with one attached hydrogen (secondary N) is 1. The number of hydrogen-bond donors (Lipinski definition) is 1. The molecule has 1 atom stereocenters. The lowest BCUT2D eigenvalue weighted by Crippen LogP contribution is -2.51. The fourth-order valence-electron chi connectivity index (χ4n) is 6.03. The molecule has 3 aromatic rings. The Morgan fingerprint density at radius 3 is 2.53 bits per heavy atom. The minimum atomic E-state index is -0.518. The average Bonchev–Trinajstić information content (AvgIpc) is 3.52. The van der Waals surface area contributed by atoms with Gasteiger partial charge in [-0.2, -0.15) is 0 Å². The molecule has 198 valence electrons. The molecule has 2 aliphatic rings. The van der Waals surface area contributed by atoms with Gasteiger partial charge in [0.2, 0.25) is 11.8 Å². The van der Waals surface area contributed by atoms with Crippen molar-refractivity contribution in [2.75, 3.05) is 11.4 Å². The molecule has 1 aliphatic carbocycles. The number of nitrogens with zero attached hydrogens (tertiary/aromatic N) is 2. The lowest BCUT2D eigenvalue weighted by Gasteiger charge is -2.32. The van der Waals surface area contributed by atoms with Crippen LogP contribution in [-0.4, -0.2) is 41.2 Å². The van der Waals surface area contributed by atoms with Crippen molar-refractivity contribution in [1.29, 1.82) is 0 Å². The third-order valence-electron chi connectivity index (χ3n) is 7.94. The molecule has 38 heavy (non-hydrogen) atoms. The summed E-state index contributed by atoms with van der Waals surface area (Å²) in [5, 5.41) is 5.24. The van der Waals surface area contributed by atoms with Crippen molar-refractivity contribution in [3.63, 3.8) is 0 Å². The molecule has 3 aromatic carbocycles. The molecular weight excluding hydrogens is 474 g/mol. The minimum absolute atomic E-state index is 0.0109. The highest BCUT2D eigenvalue weighted by molar-refractivity contribution is 6.25.